The molecule has 132 valence electrons. The van der Waals surface area contributed by atoms with Gasteiger partial charge in [0.15, 0.2) is 11.5 Å². The van der Waals surface area contributed by atoms with Crippen molar-refractivity contribution in [3.8, 4) is 0 Å². The van der Waals surface area contributed by atoms with Gasteiger partial charge in [-0.1, -0.05) is 6.92 Å². The number of esters is 3. The maximum Gasteiger partial charge on any atom is 0.340 e. The van der Waals surface area contributed by atoms with Gasteiger partial charge in [0.25, 0.3) is 0 Å². The molecule has 0 saturated carbocycles. The molecule has 0 aliphatic carbocycles. The Morgan fingerprint density at radius 3 is 1.87 bits per heavy atom. The maximum absolute atomic E-state index is 12.1. The predicted molar refractivity (Wildman–Crippen MR) is 78.3 cm³/mol. The Morgan fingerprint density at radius 2 is 1.43 bits per heavy atom. The second kappa shape index (κ2) is 9.94. The molecule has 8 heteroatoms. The van der Waals surface area contributed by atoms with Crippen LogP contribution >= 0.6 is 0 Å². The first kappa shape index (κ1) is 21.0. The summed E-state index contributed by atoms with van der Waals surface area (Å²) in [7, 11) is 0. The van der Waals surface area contributed by atoms with E-state index in [-0.39, 0.29) is 26.2 Å². The minimum atomic E-state index is -2.67. The minimum absolute atomic E-state index is 0.0174. The van der Waals surface area contributed by atoms with E-state index in [0.29, 0.717) is 0 Å². The molecule has 0 fully saturated rings. The first-order valence-corrected chi connectivity index (χ1v) is 7.52. The Morgan fingerprint density at radius 1 is 0.913 bits per heavy atom. The minimum Gasteiger partial charge on any atom is -0.466 e. The number of aliphatic hydroxyl groups is 1. The van der Waals surface area contributed by atoms with Gasteiger partial charge in [-0.25, -0.2) is 4.79 Å². The Balaban J connectivity index is 5.80. The van der Waals surface area contributed by atoms with E-state index in [1.165, 1.54) is 20.8 Å². The van der Waals surface area contributed by atoms with Crippen LogP contribution in [0.15, 0.2) is 0 Å². The van der Waals surface area contributed by atoms with E-state index < -0.39 is 41.6 Å². The summed E-state index contributed by atoms with van der Waals surface area (Å²) in [6, 6.07) is 0. The molecule has 2 atom stereocenters. The lowest BCUT2D eigenvalue weighted by molar-refractivity contribution is -0.187. The Hall–Kier alpha value is -1.96. The molecule has 0 aliphatic heterocycles. The largest absolute Gasteiger partial charge is 0.466 e. The van der Waals surface area contributed by atoms with Gasteiger partial charge in [-0.05, 0) is 20.8 Å². The van der Waals surface area contributed by atoms with E-state index in [1.807, 2.05) is 0 Å². The summed E-state index contributed by atoms with van der Waals surface area (Å²) in [6.45, 7) is 5.88. The van der Waals surface area contributed by atoms with Crippen molar-refractivity contribution in [3.63, 3.8) is 0 Å². The zero-order chi connectivity index (χ0) is 18.0. The summed E-state index contributed by atoms with van der Waals surface area (Å²) < 4.78 is 14.2. The molecule has 0 rings (SSSR count). The van der Waals surface area contributed by atoms with Gasteiger partial charge in [0.2, 0.25) is 0 Å². The van der Waals surface area contributed by atoms with Crippen LogP contribution in [0.2, 0.25) is 0 Å². The fourth-order valence-corrected chi connectivity index (χ4v) is 2.00. The first-order valence-electron chi connectivity index (χ1n) is 7.52. The Bertz CT molecular complexity index is 445. The second-order valence-corrected chi connectivity index (χ2v) is 4.63. The number of carbonyl (C=O) groups is 4. The van der Waals surface area contributed by atoms with Crippen molar-refractivity contribution in [1.29, 1.82) is 0 Å². The van der Waals surface area contributed by atoms with Gasteiger partial charge in [0, 0.05) is 6.42 Å². The summed E-state index contributed by atoms with van der Waals surface area (Å²) in [6.07, 6.45) is -1.01. The molecule has 0 aromatic rings. The van der Waals surface area contributed by atoms with E-state index in [2.05, 4.69) is 0 Å². The average molecular weight is 332 g/mol. The van der Waals surface area contributed by atoms with E-state index in [0.717, 1.165) is 0 Å². The Labute approximate surface area is 135 Å². The van der Waals surface area contributed by atoms with Crippen molar-refractivity contribution < 1.29 is 38.5 Å². The molecule has 0 bridgehead atoms. The lowest BCUT2D eigenvalue weighted by atomic mass is 9.80. The van der Waals surface area contributed by atoms with E-state index in [9.17, 15) is 24.3 Å². The van der Waals surface area contributed by atoms with E-state index in [1.54, 1.807) is 6.92 Å². The highest BCUT2D eigenvalue weighted by molar-refractivity contribution is 6.06. The molecular weight excluding hydrogens is 308 g/mol. The van der Waals surface area contributed by atoms with Crippen molar-refractivity contribution in [3.05, 3.63) is 0 Å². The molecule has 0 radical (unpaired) electrons. The highest BCUT2D eigenvalue weighted by Gasteiger charge is 2.54. The van der Waals surface area contributed by atoms with Crippen LogP contribution < -0.4 is 0 Å². The van der Waals surface area contributed by atoms with Gasteiger partial charge >= 0.3 is 17.9 Å². The van der Waals surface area contributed by atoms with E-state index >= 15 is 0 Å². The summed E-state index contributed by atoms with van der Waals surface area (Å²) >= 11 is 0. The van der Waals surface area contributed by atoms with Crippen LogP contribution in [0.3, 0.4) is 0 Å². The van der Waals surface area contributed by atoms with Crippen LogP contribution in [0, 0.1) is 5.92 Å². The normalized spacial score (nSPS) is 14.3. The number of ketones is 1. The van der Waals surface area contributed by atoms with Crippen LogP contribution in [-0.4, -0.2) is 54.2 Å². The lowest BCUT2D eigenvalue weighted by Gasteiger charge is -2.30. The van der Waals surface area contributed by atoms with Crippen LogP contribution in [0.5, 0.6) is 0 Å². The molecule has 2 unspecified atom stereocenters. The van der Waals surface area contributed by atoms with Crippen molar-refractivity contribution in [2.45, 2.75) is 46.1 Å². The number of hydrogen-bond donors (Lipinski definition) is 1. The predicted octanol–water partition coefficient (Wildman–Crippen LogP) is 0.392. The molecule has 0 aromatic carbocycles. The number of hydrogen-bond acceptors (Lipinski definition) is 8. The third-order valence-corrected chi connectivity index (χ3v) is 3.02. The SMILES string of the molecule is CCOC(=O)CC(O)(C(=O)OCC)C(C(=O)CC)C(=O)OCC. The van der Waals surface area contributed by atoms with Gasteiger partial charge in [-0.15, -0.1) is 0 Å². The number of carbonyl (C=O) groups excluding carboxylic acids is 4. The van der Waals surface area contributed by atoms with Crippen molar-refractivity contribution in [1.82, 2.24) is 0 Å². The Kier molecular flexibility index (Phi) is 9.09. The fourth-order valence-electron chi connectivity index (χ4n) is 2.00. The highest BCUT2D eigenvalue weighted by Crippen LogP contribution is 2.28. The molecule has 0 saturated heterocycles. The van der Waals surface area contributed by atoms with Crippen molar-refractivity contribution in [2.24, 2.45) is 5.92 Å². The quantitative estimate of drug-likeness (QED) is 0.347. The standard InChI is InChI=1S/C15H24O8/c1-5-10(16)12(13(18)22-7-3)15(20,14(19)23-8-4)9-11(17)21-6-2/h12,20H,5-9H2,1-4H3. The zero-order valence-corrected chi connectivity index (χ0v) is 13.9. The third kappa shape index (κ3) is 5.63. The number of rotatable bonds is 10. The molecule has 0 aliphatic rings. The van der Waals surface area contributed by atoms with Gasteiger partial charge in [-0.3, -0.25) is 14.4 Å². The monoisotopic (exact) mass is 332 g/mol. The average Bonchev–Trinajstić information content (AvgIpc) is 2.47. The van der Waals surface area contributed by atoms with E-state index in [4.69, 9.17) is 14.2 Å². The summed E-state index contributed by atoms with van der Waals surface area (Å²) in [5.74, 6) is -5.84. The maximum atomic E-state index is 12.1. The molecule has 0 aromatic heterocycles. The van der Waals surface area contributed by atoms with Gasteiger partial charge in [0.05, 0.1) is 26.2 Å². The molecule has 1 N–H and O–H groups in total. The molecular formula is C15H24O8. The zero-order valence-electron chi connectivity index (χ0n) is 13.9. The summed E-state index contributed by atoms with van der Waals surface area (Å²) in [5, 5.41) is 10.7. The summed E-state index contributed by atoms with van der Waals surface area (Å²) in [4.78, 5) is 48.0. The van der Waals surface area contributed by atoms with Crippen LogP contribution in [0.4, 0.5) is 0 Å². The second-order valence-electron chi connectivity index (χ2n) is 4.63. The molecule has 23 heavy (non-hydrogen) atoms. The van der Waals surface area contributed by atoms with Crippen LogP contribution in [-0.2, 0) is 33.4 Å². The first-order chi connectivity index (χ1) is 10.8. The lowest BCUT2D eigenvalue weighted by Crippen LogP contribution is -2.55. The smallest absolute Gasteiger partial charge is 0.340 e. The van der Waals surface area contributed by atoms with Gasteiger partial charge < -0.3 is 19.3 Å². The molecule has 0 amide bonds. The highest BCUT2D eigenvalue weighted by atomic mass is 16.6. The van der Waals surface area contributed by atoms with Crippen molar-refractivity contribution >= 4 is 23.7 Å². The molecule has 0 heterocycles. The van der Waals surface area contributed by atoms with Crippen LogP contribution in [0.25, 0.3) is 0 Å². The third-order valence-electron chi connectivity index (χ3n) is 3.02. The van der Waals surface area contributed by atoms with Gasteiger partial charge in [-0.2, -0.15) is 0 Å². The van der Waals surface area contributed by atoms with Crippen molar-refractivity contribution in [2.75, 3.05) is 19.8 Å². The summed E-state index contributed by atoms with van der Waals surface area (Å²) in [5.41, 5.74) is -2.67. The molecule has 8 nitrogen and oxygen atoms in total. The number of ether oxygens (including phenoxy) is 3. The van der Waals surface area contributed by atoms with Crippen LogP contribution in [0.1, 0.15) is 40.5 Å². The fraction of sp³-hybridized carbons (Fsp3) is 0.733. The number of Topliss-reactive ketones (excluding diaryl/α,β-unsaturated/α-hetero) is 1. The van der Waals surface area contributed by atoms with Gasteiger partial charge in [0.1, 0.15) is 5.78 Å². The topological polar surface area (TPSA) is 116 Å². The molecule has 0 spiro atoms.